The van der Waals surface area contributed by atoms with Gasteiger partial charge in [-0.25, -0.2) is 0 Å². The maximum Gasteiger partial charge on any atom is 0.416 e. The standard InChI is InChI=1S/C16H22F3NO/c17-16(18,19)15-8-4-3-7-13(15)10-20-11-14(21)9-12-5-1-2-6-12/h3-4,7-8,12,14,20-21H,1-2,5-6,9-11H2. The number of aliphatic hydroxyl groups is 1. The Labute approximate surface area is 123 Å². The molecule has 1 aliphatic carbocycles. The third kappa shape index (κ3) is 5.00. The zero-order valence-electron chi connectivity index (χ0n) is 12.0. The van der Waals surface area contributed by atoms with Gasteiger partial charge in [0.1, 0.15) is 0 Å². The summed E-state index contributed by atoms with van der Waals surface area (Å²) in [5.74, 6) is 0.573. The van der Waals surface area contributed by atoms with Crippen molar-refractivity contribution in [1.29, 1.82) is 0 Å². The molecule has 0 spiro atoms. The van der Waals surface area contributed by atoms with E-state index in [0.29, 0.717) is 12.5 Å². The predicted octanol–water partition coefficient (Wildman–Crippen LogP) is 3.74. The number of benzene rings is 1. The molecular formula is C16H22F3NO. The first-order chi connectivity index (χ1) is 9.97. The van der Waals surface area contributed by atoms with E-state index in [0.717, 1.165) is 25.3 Å². The fraction of sp³-hybridized carbons (Fsp3) is 0.625. The highest BCUT2D eigenvalue weighted by atomic mass is 19.4. The number of hydrogen-bond acceptors (Lipinski definition) is 2. The van der Waals surface area contributed by atoms with Gasteiger partial charge in [-0.2, -0.15) is 13.2 Å². The predicted molar refractivity (Wildman–Crippen MR) is 75.7 cm³/mol. The summed E-state index contributed by atoms with van der Waals surface area (Å²) >= 11 is 0. The van der Waals surface area contributed by atoms with E-state index in [1.807, 2.05) is 0 Å². The minimum Gasteiger partial charge on any atom is -0.392 e. The minimum atomic E-state index is -4.33. The summed E-state index contributed by atoms with van der Waals surface area (Å²) in [6, 6.07) is 5.55. The lowest BCUT2D eigenvalue weighted by Gasteiger charge is -2.17. The Bertz CT molecular complexity index is 441. The summed E-state index contributed by atoms with van der Waals surface area (Å²) < 4.78 is 38.5. The van der Waals surface area contributed by atoms with Gasteiger partial charge in [0.05, 0.1) is 11.7 Å². The molecule has 0 saturated heterocycles. The number of aliphatic hydroxyl groups excluding tert-OH is 1. The summed E-state index contributed by atoms with van der Waals surface area (Å²) in [5.41, 5.74) is -0.388. The number of rotatable bonds is 6. The maximum absolute atomic E-state index is 12.8. The van der Waals surface area contributed by atoms with E-state index < -0.39 is 17.8 Å². The van der Waals surface area contributed by atoms with E-state index in [1.54, 1.807) is 6.07 Å². The zero-order valence-corrected chi connectivity index (χ0v) is 12.0. The molecule has 2 rings (SSSR count). The highest BCUT2D eigenvalue weighted by Crippen LogP contribution is 2.32. The monoisotopic (exact) mass is 301 g/mol. The molecule has 1 saturated carbocycles. The van der Waals surface area contributed by atoms with Crippen LogP contribution in [-0.4, -0.2) is 17.8 Å². The molecule has 21 heavy (non-hydrogen) atoms. The van der Waals surface area contributed by atoms with Gasteiger partial charge < -0.3 is 10.4 Å². The molecule has 0 bridgehead atoms. The van der Waals surface area contributed by atoms with Crippen LogP contribution in [0.2, 0.25) is 0 Å². The molecule has 1 aliphatic rings. The van der Waals surface area contributed by atoms with E-state index in [1.165, 1.54) is 25.0 Å². The lowest BCUT2D eigenvalue weighted by molar-refractivity contribution is -0.138. The summed E-state index contributed by atoms with van der Waals surface area (Å²) in [6.45, 7) is 0.458. The Morgan fingerprint density at radius 2 is 1.86 bits per heavy atom. The van der Waals surface area contributed by atoms with E-state index in [4.69, 9.17) is 0 Å². The Morgan fingerprint density at radius 3 is 2.52 bits per heavy atom. The van der Waals surface area contributed by atoms with Gasteiger partial charge >= 0.3 is 6.18 Å². The lowest BCUT2D eigenvalue weighted by atomic mass is 10.00. The zero-order chi connectivity index (χ0) is 15.3. The average molecular weight is 301 g/mol. The van der Waals surface area contributed by atoms with Crippen LogP contribution < -0.4 is 5.32 Å². The molecule has 1 aromatic rings. The summed E-state index contributed by atoms with van der Waals surface area (Å²) in [4.78, 5) is 0. The van der Waals surface area contributed by atoms with E-state index >= 15 is 0 Å². The van der Waals surface area contributed by atoms with Gasteiger partial charge in [-0.1, -0.05) is 43.9 Å². The lowest BCUT2D eigenvalue weighted by Crippen LogP contribution is -2.28. The van der Waals surface area contributed by atoms with Gasteiger partial charge in [0, 0.05) is 13.1 Å². The van der Waals surface area contributed by atoms with Crippen LogP contribution >= 0.6 is 0 Å². The fourth-order valence-electron chi connectivity index (χ4n) is 3.04. The third-order valence-electron chi connectivity index (χ3n) is 4.10. The topological polar surface area (TPSA) is 32.3 Å². The van der Waals surface area contributed by atoms with Crippen molar-refractivity contribution in [2.75, 3.05) is 6.54 Å². The highest BCUT2D eigenvalue weighted by Gasteiger charge is 2.32. The summed E-state index contributed by atoms with van der Waals surface area (Å²) in [6.07, 6.45) is 0.704. The Hall–Kier alpha value is -1.07. The molecule has 1 atom stereocenters. The second kappa shape index (κ2) is 7.27. The average Bonchev–Trinajstić information content (AvgIpc) is 2.91. The van der Waals surface area contributed by atoms with Gasteiger partial charge in [-0.3, -0.25) is 0 Å². The summed E-state index contributed by atoms with van der Waals surface area (Å²) in [7, 11) is 0. The number of alkyl halides is 3. The van der Waals surface area contributed by atoms with Crippen molar-refractivity contribution < 1.29 is 18.3 Å². The van der Waals surface area contributed by atoms with Crippen LogP contribution in [0.4, 0.5) is 13.2 Å². The minimum absolute atomic E-state index is 0.122. The van der Waals surface area contributed by atoms with Gasteiger partial charge in [0.2, 0.25) is 0 Å². The van der Waals surface area contributed by atoms with Crippen LogP contribution in [0.5, 0.6) is 0 Å². The molecule has 1 unspecified atom stereocenters. The number of hydrogen-bond donors (Lipinski definition) is 2. The van der Waals surface area contributed by atoms with Crippen LogP contribution in [-0.2, 0) is 12.7 Å². The van der Waals surface area contributed by atoms with Crippen LogP contribution in [0.1, 0.15) is 43.2 Å². The smallest absolute Gasteiger partial charge is 0.392 e. The van der Waals surface area contributed by atoms with E-state index in [9.17, 15) is 18.3 Å². The molecule has 2 nitrogen and oxygen atoms in total. The first-order valence-electron chi connectivity index (χ1n) is 7.50. The van der Waals surface area contributed by atoms with E-state index in [2.05, 4.69) is 5.32 Å². The second-order valence-corrected chi connectivity index (χ2v) is 5.83. The van der Waals surface area contributed by atoms with Gasteiger partial charge in [0.25, 0.3) is 0 Å². The summed E-state index contributed by atoms with van der Waals surface area (Å²) in [5, 5.41) is 12.9. The number of nitrogens with one attached hydrogen (secondary N) is 1. The molecule has 1 fully saturated rings. The third-order valence-corrected chi connectivity index (χ3v) is 4.10. The molecule has 0 aromatic heterocycles. The molecule has 0 radical (unpaired) electrons. The van der Waals surface area contributed by atoms with Crippen molar-refractivity contribution >= 4 is 0 Å². The molecule has 2 N–H and O–H groups in total. The molecule has 118 valence electrons. The Kier molecular flexibility index (Phi) is 5.65. The molecular weight excluding hydrogens is 279 g/mol. The fourth-order valence-corrected chi connectivity index (χ4v) is 3.04. The van der Waals surface area contributed by atoms with Crippen molar-refractivity contribution in [2.45, 2.75) is 50.9 Å². The largest absolute Gasteiger partial charge is 0.416 e. The van der Waals surface area contributed by atoms with Crippen molar-refractivity contribution in [2.24, 2.45) is 5.92 Å². The number of halogens is 3. The molecule has 1 aromatic carbocycles. The highest BCUT2D eigenvalue weighted by molar-refractivity contribution is 5.29. The maximum atomic E-state index is 12.8. The van der Waals surface area contributed by atoms with E-state index in [-0.39, 0.29) is 12.1 Å². The van der Waals surface area contributed by atoms with Gasteiger partial charge in [-0.15, -0.1) is 0 Å². The molecule has 5 heteroatoms. The van der Waals surface area contributed by atoms with Crippen molar-refractivity contribution in [3.63, 3.8) is 0 Å². The molecule has 0 heterocycles. The molecule has 0 amide bonds. The normalized spacial score (nSPS) is 18.1. The van der Waals surface area contributed by atoms with Crippen LogP contribution in [0.25, 0.3) is 0 Å². The first-order valence-corrected chi connectivity index (χ1v) is 7.50. The SMILES string of the molecule is OC(CNCc1ccccc1C(F)(F)F)CC1CCCC1. The van der Waals surface area contributed by atoms with Gasteiger partial charge in [0.15, 0.2) is 0 Å². The van der Waals surface area contributed by atoms with Crippen molar-refractivity contribution in [1.82, 2.24) is 5.32 Å². The van der Waals surface area contributed by atoms with Crippen LogP contribution in [0.15, 0.2) is 24.3 Å². The van der Waals surface area contributed by atoms with Crippen molar-refractivity contribution in [3.8, 4) is 0 Å². The van der Waals surface area contributed by atoms with Crippen molar-refractivity contribution in [3.05, 3.63) is 35.4 Å². The van der Waals surface area contributed by atoms with Gasteiger partial charge in [-0.05, 0) is 24.0 Å². The molecule has 0 aliphatic heterocycles. The van der Waals surface area contributed by atoms with Crippen LogP contribution in [0.3, 0.4) is 0 Å². The second-order valence-electron chi connectivity index (χ2n) is 5.83. The Balaban J connectivity index is 1.80. The Morgan fingerprint density at radius 1 is 1.19 bits per heavy atom. The van der Waals surface area contributed by atoms with Crippen LogP contribution in [0, 0.1) is 5.92 Å². The quantitative estimate of drug-likeness (QED) is 0.839. The first kappa shape index (κ1) is 16.3.